The smallest absolute Gasteiger partial charge is 0.0992 e. The van der Waals surface area contributed by atoms with Crippen molar-refractivity contribution in [2.24, 2.45) is 0 Å². The summed E-state index contributed by atoms with van der Waals surface area (Å²) >= 11 is 0. The van der Waals surface area contributed by atoms with Crippen LogP contribution < -0.4 is 10.2 Å². The van der Waals surface area contributed by atoms with E-state index in [2.05, 4.69) is 22.4 Å². The first-order valence-electron chi connectivity index (χ1n) is 5.69. The molecule has 1 fully saturated rings. The number of nitrogens with one attached hydrogen (secondary N) is 1. The second-order valence-corrected chi connectivity index (χ2v) is 4.08. The zero-order chi connectivity index (χ0) is 12.1. The fraction of sp³-hybridized carbons (Fsp3) is 0.385. The van der Waals surface area contributed by atoms with Gasteiger partial charge in [-0.3, -0.25) is 0 Å². The van der Waals surface area contributed by atoms with Crippen LogP contribution in [0.15, 0.2) is 24.3 Å². The number of nitrogens with zero attached hydrogens (tertiary/aromatic N) is 3. The second-order valence-electron chi connectivity index (χ2n) is 4.08. The zero-order valence-electron chi connectivity index (χ0n) is 9.56. The van der Waals surface area contributed by atoms with E-state index < -0.39 is 0 Å². The summed E-state index contributed by atoms with van der Waals surface area (Å²) in [5, 5.41) is 21.0. The number of rotatable bonds is 2. The van der Waals surface area contributed by atoms with Crippen LogP contribution in [-0.4, -0.2) is 25.7 Å². The second kappa shape index (κ2) is 5.34. The number of benzene rings is 1. The van der Waals surface area contributed by atoms with Gasteiger partial charge in [0.15, 0.2) is 0 Å². The Bertz CT molecular complexity index is 469. The summed E-state index contributed by atoms with van der Waals surface area (Å²) in [4.78, 5) is 2.21. The Kier molecular flexibility index (Phi) is 3.59. The van der Waals surface area contributed by atoms with E-state index in [0.29, 0.717) is 12.0 Å². The average Bonchev–Trinajstić information content (AvgIpc) is 2.40. The Balaban J connectivity index is 2.24. The van der Waals surface area contributed by atoms with Crippen LogP contribution >= 0.6 is 0 Å². The van der Waals surface area contributed by atoms with Gasteiger partial charge in [0, 0.05) is 25.3 Å². The van der Waals surface area contributed by atoms with Crippen LogP contribution in [0.5, 0.6) is 0 Å². The van der Waals surface area contributed by atoms with E-state index in [4.69, 9.17) is 10.5 Å². The highest BCUT2D eigenvalue weighted by atomic mass is 15.2. The summed E-state index contributed by atoms with van der Waals surface area (Å²) in [7, 11) is 0. The van der Waals surface area contributed by atoms with Gasteiger partial charge < -0.3 is 10.2 Å². The SMILES string of the molecule is N#CCC1CNCCN1c1cccc(C#N)c1. The van der Waals surface area contributed by atoms with Crippen LogP contribution in [0.4, 0.5) is 5.69 Å². The number of nitriles is 2. The van der Waals surface area contributed by atoms with Gasteiger partial charge in [0.1, 0.15) is 0 Å². The monoisotopic (exact) mass is 226 g/mol. The van der Waals surface area contributed by atoms with Crippen LogP contribution in [0.3, 0.4) is 0 Å². The lowest BCUT2D eigenvalue weighted by atomic mass is 10.1. The third kappa shape index (κ3) is 2.55. The van der Waals surface area contributed by atoms with Crippen molar-refractivity contribution in [2.75, 3.05) is 24.5 Å². The van der Waals surface area contributed by atoms with Crippen LogP contribution in [-0.2, 0) is 0 Å². The zero-order valence-corrected chi connectivity index (χ0v) is 9.56. The number of piperazine rings is 1. The molecule has 0 amide bonds. The molecule has 0 aliphatic carbocycles. The van der Waals surface area contributed by atoms with E-state index in [0.717, 1.165) is 25.3 Å². The van der Waals surface area contributed by atoms with Gasteiger partial charge in [0.05, 0.1) is 30.2 Å². The minimum absolute atomic E-state index is 0.197. The van der Waals surface area contributed by atoms with Gasteiger partial charge in [-0.25, -0.2) is 0 Å². The van der Waals surface area contributed by atoms with E-state index in [1.165, 1.54) is 0 Å². The third-order valence-electron chi connectivity index (χ3n) is 2.98. The van der Waals surface area contributed by atoms with Gasteiger partial charge in [-0.05, 0) is 18.2 Å². The summed E-state index contributed by atoms with van der Waals surface area (Å²) in [6.45, 7) is 2.62. The number of hydrogen-bond acceptors (Lipinski definition) is 4. The topological polar surface area (TPSA) is 62.9 Å². The van der Waals surface area contributed by atoms with Gasteiger partial charge >= 0.3 is 0 Å². The summed E-state index contributed by atoms with van der Waals surface area (Å²) in [6.07, 6.45) is 0.504. The van der Waals surface area contributed by atoms with Crippen LogP contribution in [0.25, 0.3) is 0 Å². The van der Waals surface area contributed by atoms with Gasteiger partial charge in [0.2, 0.25) is 0 Å². The fourth-order valence-corrected chi connectivity index (χ4v) is 2.14. The van der Waals surface area contributed by atoms with Crippen molar-refractivity contribution in [3.8, 4) is 12.1 Å². The number of hydrogen-bond donors (Lipinski definition) is 1. The molecule has 0 aromatic heterocycles. The molecule has 1 atom stereocenters. The molecular weight excluding hydrogens is 212 g/mol. The molecule has 1 aliphatic rings. The Morgan fingerprint density at radius 1 is 1.41 bits per heavy atom. The first kappa shape index (κ1) is 11.4. The van der Waals surface area contributed by atoms with E-state index in [1.807, 2.05) is 18.2 Å². The molecule has 0 spiro atoms. The molecular formula is C13H14N4. The highest BCUT2D eigenvalue weighted by Gasteiger charge is 2.22. The van der Waals surface area contributed by atoms with E-state index in [1.54, 1.807) is 6.07 Å². The molecule has 2 rings (SSSR count). The normalized spacial score (nSPS) is 19.4. The summed E-state index contributed by atoms with van der Waals surface area (Å²) in [6, 6.07) is 12.1. The lowest BCUT2D eigenvalue weighted by Crippen LogP contribution is -2.51. The van der Waals surface area contributed by atoms with Crippen LogP contribution in [0.2, 0.25) is 0 Å². The summed E-state index contributed by atoms with van der Waals surface area (Å²) in [5.41, 5.74) is 1.70. The molecule has 0 bridgehead atoms. The van der Waals surface area contributed by atoms with Gasteiger partial charge in [-0.2, -0.15) is 10.5 Å². The Morgan fingerprint density at radius 3 is 3.06 bits per heavy atom. The van der Waals surface area contributed by atoms with Crippen molar-refractivity contribution in [1.29, 1.82) is 10.5 Å². The molecule has 4 nitrogen and oxygen atoms in total. The largest absolute Gasteiger partial charge is 0.365 e. The lowest BCUT2D eigenvalue weighted by Gasteiger charge is -2.36. The van der Waals surface area contributed by atoms with E-state index >= 15 is 0 Å². The maximum atomic E-state index is 8.90. The molecule has 17 heavy (non-hydrogen) atoms. The molecule has 1 aromatic carbocycles. The molecule has 1 saturated heterocycles. The van der Waals surface area contributed by atoms with Crippen molar-refractivity contribution in [3.63, 3.8) is 0 Å². The van der Waals surface area contributed by atoms with E-state index in [9.17, 15) is 0 Å². The molecule has 1 aromatic rings. The molecule has 0 saturated carbocycles. The Labute approximate surface area is 101 Å². The third-order valence-corrected chi connectivity index (χ3v) is 2.98. The summed E-state index contributed by atoms with van der Waals surface area (Å²) in [5.74, 6) is 0. The van der Waals surface area contributed by atoms with Crippen LogP contribution in [0, 0.1) is 22.7 Å². The Morgan fingerprint density at radius 2 is 2.29 bits per heavy atom. The summed E-state index contributed by atoms with van der Waals surface area (Å²) < 4.78 is 0. The predicted molar refractivity (Wildman–Crippen MR) is 65.4 cm³/mol. The standard InChI is InChI=1S/C13H14N4/c14-5-4-13-10-16-6-7-17(13)12-3-1-2-11(8-12)9-15/h1-3,8,13,16H,4,6-7,10H2. The van der Waals surface area contributed by atoms with Crippen molar-refractivity contribution < 1.29 is 0 Å². The minimum Gasteiger partial charge on any atom is -0.365 e. The first-order valence-corrected chi connectivity index (χ1v) is 5.69. The van der Waals surface area contributed by atoms with Gasteiger partial charge in [0.25, 0.3) is 0 Å². The van der Waals surface area contributed by atoms with Crippen LogP contribution in [0.1, 0.15) is 12.0 Å². The van der Waals surface area contributed by atoms with Crippen molar-refractivity contribution in [1.82, 2.24) is 5.32 Å². The average molecular weight is 226 g/mol. The number of anilines is 1. The molecule has 1 N–H and O–H groups in total. The molecule has 0 radical (unpaired) electrons. The van der Waals surface area contributed by atoms with Crippen molar-refractivity contribution >= 4 is 5.69 Å². The van der Waals surface area contributed by atoms with Crippen molar-refractivity contribution in [2.45, 2.75) is 12.5 Å². The highest BCUT2D eigenvalue weighted by Crippen LogP contribution is 2.20. The fourth-order valence-electron chi connectivity index (χ4n) is 2.14. The molecule has 1 heterocycles. The van der Waals surface area contributed by atoms with Gasteiger partial charge in [-0.15, -0.1) is 0 Å². The molecule has 1 unspecified atom stereocenters. The predicted octanol–water partition coefficient (Wildman–Crippen LogP) is 1.25. The maximum absolute atomic E-state index is 8.90. The Hall–Kier alpha value is -2.04. The van der Waals surface area contributed by atoms with E-state index in [-0.39, 0.29) is 6.04 Å². The molecule has 86 valence electrons. The molecule has 4 heteroatoms. The first-order chi connectivity index (χ1) is 8.35. The quantitative estimate of drug-likeness (QED) is 0.824. The van der Waals surface area contributed by atoms with Crippen molar-refractivity contribution in [3.05, 3.63) is 29.8 Å². The minimum atomic E-state index is 0.197. The van der Waals surface area contributed by atoms with Gasteiger partial charge in [-0.1, -0.05) is 6.07 Å². The maximum Gasteiger partial charge on any atom is 0.0992 e. The molecule has 1 aliphatic heterocycles. The lowest BCUT2D eigenvalue weighted by molar-refractivity contribution is 0.481. The highest BCUT2D eigenvalue weighted by molar-refractivity contribution is 5.52.